The van der Waals surface area contributed by atoms with Crippen LogP contribution in [-0.2, 0) is 14.3 Å². The predicted molar refractivity (Wildman–Crippen MR) is 52.7 cm³/mol. The van der Waals surface area contributed by atoms with Crippen LogP contribution in [0.5, 0.6) is 0 Å². The summed E-state index contributed by atoms with van der Waals surface area (Å²) in [6.07, 6.45) is 0. The van der Waals surface area contributed by atoms with Crippen molar-refractivity contribution < 1.29 is 14.3 Å². The lowest BCUT2D eigenvalue weighted by atomic mass is 10.2. The van der Waals surface area contributed by atoms with Crippen molar-refractivity contribution >= 4 is 11.9 Å². The van der Waals surface area contributed by atoms with Crippen LogP contribution in [0.3, 0.4) is 0 Å². The highest BCUT2D eigenvalue weighted by Crippen LogP contribution is 1.96. The van der Waals surface area contributed by atoms with Gasteiger partial charge in [0.25, 0.3) is 0 Å². The topological polar surface area (TPSA) is 67.4 Å². The number of carbonyl (C=O) groups excluding carboxylic acids is 2. The highest BCUT2D eigenvalue weighted by molar-refractivity contribution is 5.79. The van der Waals surface area contributed by atoms with Crippen molar-refractivity contribution in [3.8, 4) is 0 Å². The van der Waals surface area contributed by atoms with Gasteiger partial charge < -0.3 is 15.4 Å². The van der Waals surface area contributed by atoms with Crippen LogP contribution in [0.1, 0.15) is 13.8 Å². The minimum absolute atomic E-state index is 0.122. The van der Waals surface area contributed by atoms with Gasteiger partial charge in [-0.25, -0.2) is 0 Å². The Morgan fingerprint density at radius 3 is 2.57 bits per heavy atom. The van der Waals surface area contributed by atoms with Gasteiger partial charge in [-0.2, -0.15) is 0 Å². The van der Waals surface area contributed by atoms with E-state index in [0.717, 1.165) is 0 Å². The van der Waals surface area contributed by atoms with Crippen LogP contribution >= 0.6 is 0 Å². The van der Waals surface area contributed by atoms with Crippen molar-refractivity contribution in [3.05, 3.63) is 0 Å². The van der Waals surface area contributed by atoms with Crippen molar-refractivity contribution in [2.75, 3.05) is 26.7 Å². The van der Waals surface area contributed by atoms with Crippen molar-refractivity contribution in [2.45, 2.75) is 13.8 Å². The number of amides is 1. The van der Waals surface area contributed by atoms with E-state index >= 15 is 0 Å². The Balaban J connectivity index is 3.67. The largest absolute Gasteiger partial charge is 0.466 e. The Hall–Kier alpha value is -1.10. The normalized spacial score (nSPS) is 11.9. The predicted octanol–water partition coefficient (Wildman–Crippen LogP) is -0.479. The van der Waals surface area contributed by atoms with E-state index in [9.17, 15) is 9.59 Å². The van der Waals surface area contributed by atoms with Crippen LogP contribution in [0.4, 0.5) is 0 Å². The Bertz CT molecular complexity index is 194. The quantitative estimate of drug-likeness (QED) is 0.571. The van der Waals surface area contributed by atoms with E-state index in [2.05, 4.69) is 10.6 Å². The first kappa shape index (κ1) is 12.9. The zero-order chi connectivity index (χ0) is 11.0. The van der Waals surface area contributed by atoms with E-state index in [1.165, 1.54) is 0 Å². The molecule has 0 aliphatic rings. The van der Waals surface area contributed by atoms with Gasteiger partial charge in [-0.1, -0.05) is 6.92 Å². The maximum Gasteiger partial charge on any atom is 0.310 e. The minimum Gasteiger partial charge on any atom is -0.466 e. The summed E-state index contributed by atoms with van der Waals surface area (Å²) in [5.74, 6) is -0.698. The smallest absolute Gasteiger partial charge is 0.310 e. The van der Waals surface area contributed by atoms with E-state index in [0.29, 0.717) is 13.2 Å². The summed E-state index contributed by atoms with van der Waals surface area (Å²) >= 11 is 0. The summed E-state index contributed by atoms with van der Waals surface area (Å²) in [5.41, 5.74) is 0. The molecule has 0 rings (SSSR count). The van der Waals surface area contributed by atoms with Gasteiger partial charge in [0.15, 0.2) is 0 Å². The zero-order valence-corrected chi connectivity index (χ0v) is 8.92. The molecule has 14 heavy (non-hydrogen) atoms. The standard InChI is InChI=1S/C9H18N2O3/c1-4-14-9(13)7(2)5-11-8(12)6-10-3/h7,10H,4-6H2,1-3H3,(H,11,12). The maximum absolute atomic E-state index is 11.1. The Morgan fingerprint density at radius 1 is 1.43 bits per heavy atom. The molecular weight excluding hydrogens is 184 g/mol. The van der Waals surface area contributed by atoms with Crippen molar-refractivity contribution in [2.24, 2.45) is 5.92 Å². The number of nitrogens with one attached hydrogen (secondary N) is 2. The zero-order valence-electron chi connectivity index (χ0n) is 8.92. The fourth-order valence-electron chi connectivity index (χ4n) is 0.858. The van der Waals surface area contributed by atoms with Crippen LogP contribution in [0.25, 0.3) is 0 Å². The van der Waals surface area contributed by atoms with E-state index in [-0.39, 0.29) is 24.3 Å². The van der Waals surface area contributed by atoms with E-state index in [1.54, 1.807) is 20.9 Å². The van der Waals surface area contributed by atoms with Crippen molar-refractivity contribution in [1.29, 1.82) is 0 Å². The summed E-state index contributed by atoms with van der Waals surface area (Å²) in [7, 11) is 1.69. The third kappa shape index (κ3) is 5.53. The third-order valence-corrected chi connectivity index (χ3v) is 1.63. The van der Waals surface area contributed by atoms with Gasteiger partial charge in [-0.3, -0.25) is 9.59 Å². The van der Waals surface area contributed by atoms with Gasteiger partial charge in [0.1, 0.15) is 0 Å². The van der Waals surface area contributed by atoms with Gasteiger partial charge >= 0.3 is 5.97 Å². The van der Waals surface area contributed by atoms with Crippen LogP contribution < -0.4 is 10.6 Å². The average molecular weight is 202 g/mol. The molecule has 0 spiro atoms. The number of hydrogen-bond acceptors (Lipinski definition) is 4. The average Bonchev–Trinajstić information content (AvgIpc) is 2.15. The van der Waals surface area contributed by atoms with Gasteiger partial charge in [0, 0.05) is 6.54 Å². The molecule has 0 saturated heterocycles. The number of hydrogen-bond donors (Lipinski definition) is 2. The molecule has 0 aromatic heterocycles. The second-order valence-electron chi connectivity index (χ2n) is 2.99. The van der Waals surface area contributed by atoms with E-state index < -0.39 is 0 Å². The van der Waals surface area contributed by atoms with Gasteiger partial charge in [0.05, 0.1) is 19.1 Å². The highest BCUT2D eigenvalue weighted by atomic mass is 16.5. The molecule has 1 unspecified atom stereocenters. The molecule has 0 aromatic rings. The summed E-state index contributed by atoms with van der Waals surface area (Å²) in [4.78, 5) is 22.1. The molecule has 5 nitrogen and oxygen atoms in total. The van der Waals surface area contributed by atoms with Crippen LogP contribution in [-0.4, -0.2) is 38.6 Å². The van der Waals surface area contributed by atoms with E-state index in [1.807, 2.05) is 0 Å². The molecule has 0 radical (unpaired) electrons. The Labute approximate surface area is 84.2 Å². The summed E-state index contributed by atoms with van der Waals surface area (Å²) in [6, 6.07) is 0. The molecule has 1 atom stereocenters. The molecule has 0 heterocycles. The Morgan fingerprint density at radius 2 is 2.07 bits per heavy atom. The summed E-state index contributed by atoms with van der Waals surface area (Å²) in [5, 5.41) is 5.34. The van der Waals surface area contributed by atoms with Crippen molar-refractivity contribution in [1.82, 2.24) is 10.6 Å². The van der Waals surface area contributed by atoms with Crippen LogP contribution in [0, 0.1) is 5.92 Å². The molecule has 2 N–H and O–H groups in total. The lowest BCUT2D eigenvalue weighted by molar-refractivity contribution is -0.147. The van der Waals surface area contributed by atoms with Gasteiger partial charge in [-0.05, 0) is 14.0 Å². The molecule has 0 saturated carbocycles. The monoisotopic (exact) mass is 202 g/mol. The number of esters is 1. The number of rotatable bonds is 6. The van der Waals surface area contributed by atoms with Gasteiger partial charge in [0.2, 0.25) is 5.91 Å². The molecule has 0 fully saturated rings. The number of ether oxygens (including phenoxy) is 1. The SMILES string of the molecule is CCOC(=O)C(C)CNC(=O)CNC. The lowest BCUT2D eigenvalue weighted by Crippen LogP contribution is -2.37. The number of carbonyl (C=O) groups is 2. The van der Waals surface area contributed by atoms with E-state index in [4.69, 9.17) is 4.74 Å². The minimum atomic E-state index is -0.296. The molecule has 1 amide bonds. The fourth-order valence-corrected chi connectivity index (χ4v) is 0.858. The summed E-state index contributed by atoms with van der Waals surface area (Å²) in [6.45, 7) is 4.42. The molecule has 0 bridgehead atoms. The molecule has 0 aromatic carbocycles. The lowest BCUT2D eigenvalue weighted by Gasteiger charge is -2.11. The van der Waals surface area contributed by atoms with Crippen LogP contribution in [0.2, 0.25) is 0 Å². The first-order chi connectivity index (χ1) is 6.61. The second kappa shape index (κ2) is 7.32. The number of likely N-dealkylation sites (N-methyl/N-ethyl adjacent to an activating group) is 1. The molecule has 0 aliphatic carbocycles. The molecular formula is C9H18N2O3. The maximum atomic E-state index is 11.1. The molecule has 82 valence electrons. The fraction of sp³-hybridized carbons (Fsp3) is 0.778. The van der Waals surface area contributed by atoms with Crippen LogP contribution in [0.15, 0.2) is 0 Å². The highest BCUT2D eigenvalue weighted by Gasteiger charge is 2.14. The summed E-state index contributed by atoms with van der Waals surface area (Å²) < 4.78 is 4.79. The first-order valence-electron chi connectivity index (χ1n) is 4.69. The molecule has 5 heteroatoms. The van der Waals surface area contributed by atoms with Gasteiger partial charge in [-0.15, -0.1) is 0 Å². The first-order valence-corrected chi connectivity index (χ1v) is 4.69. The second-order valence-corrected chi connectivity index (χ2v) is 2.99. The van der Waals surface area contributed by atoms with Crippen molar-refractivity contribution in [3.63, 3.8) is 0 Å². The Kier molecular flexibility index (Phi) is 6.74. The molecule has 0 aliphatic heterocycles. The third-order valence-electron chi connectivity index (χ3n) is 1.63.